The maximum Gasteiger partial charge on any atom is 0.261 e. The molecule has 0 aliphatic rings. The molecule has 2 aromatic rings. The molecule has 2 aromatic carbocycles. The van der Waals surface area contributed by atoms with Crippen molar-refractivity contribution in [1.29, 1.82) is 0 Å². The summed E-state index contributed by atoms with van der Waals surface area (Å²) in [5, 5.41) is 2.91. The lowest BCUT2D eigenvalue weighted by Crippen LogP contribution is -2.38. The summed E-state index contributed by atoms with van der Waals surface area (Å²) >= 11 is 0. The van der Waals surface area contributed by atoms with Gasteiger partial charge in [-0.25, -0.2) is 4.39 Å². The Morgan fingerprint density at radius 3 is 2.48 bits per heavy atom. The van der Waals surface area contributed by atoms with Crippen molar-refractivity contribution >= 4 is 5.91 Å². The van der Waals surface area contributed by atoms with E-state index < -0.39 is 6.10 Å². The van der Waals surface area contributed by atoms with Crippen molar-refractivity contribution < 1.29 is 18.7 Å². The van der Waals surface area contributed by atoms with Crippen LogP contribution >= 0.6 is 0 Å². The van der Waals surface area contributed by atoms with Crippen LogP contribution in [0, 0.1) is 5.82 Å². The normalized spacial score (nSPS) is 11.9. The summed E-state index contributed by atoms with van der Waals surface area (Å²) in [6, 6.07) is 13.7. The van der Waals surface area contributed by atoms with Gasteiger partial charge in [0.15, 0.2) is 6.10 Å². The van der Waals surface area contributed by atoms with Crippen LogP contribution in [0.4, 0.5) is 4.39 Å². The number of rotatable bonds is 10. The summed E-state index contributed by atoms with van der Waals surface area (Å²) in [6.45, 7) is 6.45. The van der Waals surface area contributed by atoms with Gasteiger partial charge in [0.1, 0.15) is 17.3 Å². The van der Waals surface area contributed by atoms with Gasteiger partial charge in [-0.05, 0) is 75.1 Å². The molecule has 0 spiro atoms. The zero-order valence-electron chi connectivity index (χ0n) is 16.2. The lowest BCUT2D eigenvalue weighted by Gasteiger charge is -2.17. The Morgan fingerprint density at radius 1 is 1.07 bits per heavy atom. The maximum absolute atomic E-state index is 13.0. The number of hydrogen-bond donors (Lipinski definition) is 1. The van der Waals surface area contributed by atoms with Gasteiger partial charge in [-0.15, -0.1) is 0 Å². The summed E-state index contributed by atoms with van der Waals surface area (Å²) in [5.74, 6) is 0.868. The SMILES string of the molecule is CC[C@@H](Oc1ccc(F)cc1)C(=O)NCCCc1cccc(OC(C)C)c1. The largest absolute Gasteiger partial charge is 0.491 e. The molecule has 1 atom stereocenters. The van der Waals surface area contributed by atoms with Crippen LogP contribution in [0.1, 0.15) is 39.2 Å². The summed E-state index contributed by atoms with van der Waals surface area (Å²) in [7, 11) is 0. The molecule has 0 aromatic heterocycles. The van der Waals surface area contributed by atoms with Gasteiger partial charge in [0.25, 0.3) is 5.91 Å². The Hall–Kier alpha value is -2.56. The third-order valence-corrected chi connectivity index (χ3v) is 3.97. The predicted molar refractivity (Wildman–Crippen MR) is 105 cm³/mol. The van der Waals surface area contributed by atoms with Gasteiger partial charge in [0.05, 0.1) is 6.10 Å². The van der Waals surface area contributed by atoms with Gasteiger partial charge in [-0.3, -0.25) is 4.79 Å². The summed E-state index contributed by atoms with van der Waals surface area (Å²) < 4.78 is 24.3. The molecular formula is C22H28FNO3. The minimum absolute atomic E-state index is 0.145. The molecule has 1 N–H and O–H groups in total. The van der Waals surface area contributed by atoms with E-state index in [0.717, 1.165) is 18.6 Å². The molecule has 0 aliphatic carbocycles. The molecule has 0 radical (unpaired) electrons. The van der Waals surface area contributed by atoms with Crippen LogP contribution in [0.5, 0.6) is 11.5 Å². The molecule has 2 rings (SSSR count). The first-order valence-corrected chi connectivity index (χ1v) is 9.43. The highest BCUT2D eigenvalue weighted by molar-refractivity contribution is 5.81. The average molecular weight is 373 g/mol. The average Bonchev–Trinajstić information content (AvgIpc) is 2.64. The van der Waals surface area contributed by atoms with E-state index in [0.29, 0.717) is 18.7 Å². The zero-order chi connectivity index (χ0) is 19.6. The van der Waals surface area contributed by atoms with E-state index in [4.69, 9.17) is 9.47 Å². The fourth-order valence-corrected chi connectivity index (χ4v) is 2.66. The molecule has 0 aliphatic heterocycles. The maximum atomic E-state index is 13.0. The number of carbonyl (C=O) groups excluding carboxylic acids is 1. The number of carbonyl (C=O) groups is 1. The Morgan fingerprint density at radius 2 is 1.81 bits per heavy atom. The molecule has 0 unspecified atom stereocenters. The Balaban J connectivity index is 1.76. The van der Waals surface area contributed by atoms with Crippen molar-refractivity contribution in [3.8, 4) is 11.5 Å². The van der Waals surface area contributed by atoms with Crippen LogP contribution in [-0.2, 0) is 11.2 Å². The van der Waals surface area contributed by atoms with Crippen molar-refractivity contribution in [2.45, 2.75) is 52.2 Å². The number of aryl methyl sites for hydroxylation is 1. The molecule has 0 bridgehead atoms. The molecule has 0 saturated carbocycles. The van der Waals surface area contributed by atoms with E-state index in [2.05, 4.69) is 11.4 Å². The minimum atomic E-state index is -0.585. The number of amides is 1. The second-order valence-corrected chi connectivity index (χ2v) is 6.68. The number of ether oxygens (including phenoxy) is 2. The number of hydrogen-bond acceptors (Lipinski definition) is 3. The molecule has 5 heteroatoms. The molecule has 27 heavy (non-hydrogen) atoms. The van der Waals surface area contributed by atoms with Crippen molar-refractivity contribution in [3.63, 3.8) is 0 Å². The fraction of sp³-hybridized carbons (Fsp3) is 0.409. The third-order valence-electron chi connectivity index (χ3n) is 3.97. The van der Waals surface area contributed by atoms with Crippen molar-refractivity contribution in [1.82, 2.24) is 5.32 Å². The molecular weight excluding hydrogens is 345 g/mol. The van der Waals surface area contributed by atoms with Gasteiger partial charge in [0, 0.05) is 6.54 Å². The van der Waals surface area contributed by atoms with Gasteiger partial charge in [0.2, 0.25) is 0 Å². The summed E-state index contributed by atoms with van der Waals surface area (Å²) in [5.41, 5.74) is 1.18. The van der Waals surface area contributed by atoms with E-state index in [9.17, 15) is 9.18 Å². The van der Waals surface area contributed by atoms with Gasteiger partial charge in [-0.2, -0.15) is 0 Å². The molecule has 146 valence electrons. The monoisotopic (exact) mass is 373 g/mol. The topological polar surface area (TPSA) is 47.6 Å². The standard InChI is InChI=1S/C22H28FNO3/c1-4-21(27-19-12-10-18(23)11-13-19)22(25)24-14-6-8-17-7-5-9-20(15-17)26-16(2)3/h5,7,9-13,15-16,21H,4,6,8,14H2,1-3H3,(H,24,25)/t21-/m1/s1. The molecule has 0 heterocycles. The van der Waals surface area contributed by atoms with Crippen LogP contribution in [0.25, 0.3) is 0 Å². The van der Waals surface area contributed by atoms with Crippen molar-refractivity contribution in [3.05, 3.63) is 59.9 Å². The Kier molecular flexibility index (Phi) is 8.11. The van der Waals surface area contributed by atoms with E-state index >= 15 is 0 Å². The van der Waals surface area contributed by atoms with Gasteiger partial charge in [-0.1, -0.05) is 19.1 Å². The number of halogens is 1. The first-order valence-electron chi connectivity index (χ1n) is 9.43. The van der Waals surface area contributed by atoms with Crippen LogP contribution in [0.15, 0.2) is 48.5 Å². The van der Waals surface area contributed by atoms with E-state index in [-0.39, 0.29) is 17.8 Å². The Labute approximate surface area is 160 Å². The van der Waals surface area contributed by atoms with Crippen LogP contribution < -0.4 is 14.8 Å². The lowest BCUT2D eigenvalue weighted by atomic mass is 10.1. The molecule has 4 nitrogen and oxygen atoms in total. The lowest BCUT2D eigenvalue weighted by molar-refractivity contribution is -0.128. The predicted octanol–water partition coefficient (Wildman–Crippen LogP) is 4.52. The van der Waals surface area contributed by atoms with E-state index in [1.807, 2.05) is 39.0 Å². The highest BCUT2D eigenvalue weighted by Crippen LogP contribution is 2.16. The van der Waals surface area contributed by atoms with Crippen LogP contribution in [0.2, 0.25) is 0 Å². The third kappa shape index (κ3) is 7.29. The Bertz CT molecular complexity index is 716. The van der Waals surface area contributed by atoms with Crippen LogP contribution in [0.3, 0.4) is 0 Å². The van der Waals surface area contributed by atoms with Crippen molar-refractivity contribution in [2.24, 2.45) is 0 Å². The first-order chi connectivity index (χ1) is 13.0. The first kappa shape index (κ1) is 20.7. The molecule has 1 amide bonds. The molecule has 0 saturated heterocycles. The van der Waals surface area contributed by atoms with E-state index in [1.54, 1.807) is 0 Å². The smallest absolute Gasteiger partial charge is 0.261 e. The minimum Gasteiger partial charge on any atom is -0.491 e. The van der Waals surface area contributed by atoms with Crippen LogP contribution in [-0.4, -0.2) is 24.7 Å². The van der Waals surface area contributed by atoms with E-state index in [1.165, 1.54) is 29.8 Å². The number of nitrogens with one attached hydrogen (secondary N) is 1. The zero-order valence-corrected chi connectivity index (χ0v) is 16.2. The second kappa shape index (κ2) is 10.6. The highest BCUT2D eigenvalue weighted by Gasteiger charge is 2.17. The van der Waals surface area contributed by atoms with Gasteiger partial charge >= 0.3 is 0 Å². The van der Waals surface area contributed by atoms with Crippen molar-refractivity contribution in [2.75, 3.05) is 6.54 Å². The number of benzene rings is 2. The summed E-state index contributed by atoms with van der Waals surface area (Å²) in [6.07, 6.45) is 1.78. The highest BCUT2D eigenvalue weighted by atomic mass is 19.1. The summed E-state index contributed by atoms with van der Waals surface area (Å²) in [4.78, 5) is 12.3. The quantitative estimate of drug-likeness (QED) is 0.623. The molecule has 0 fully saturated rings. The van der Waals surface area contributed by atoms with Gasteiger partial charge < -0.3 is 14.8 Å². The second-order valence-electron chi connectivity index (χ2n) is 6.68. The fourth-order valence-electron chi connectivity index (χ4n) is 2.66.